The summed E-state index contributed by atoms with van der Waals surface area (Å²) in [6, 6.07) is 2.16. The smallest absolute Gasteiger partial charge is 0.242 e. The quantitative estimate of drug-likeness (QED) is 0.900. The zero-order valence-electron chi connectivity index (χ0n) is 11.8. The van der Waals surface area contributed by atoms with Gasteiger partial charge in [-0.2, -0.15) is 5.10 Å². The molecule has 0 unspecified atom stereocenters. The Bertz CT molecular complexity index is 627. The molecule has 2 aromatic heterocycles. The van der Waals surface area contributed by atoms with E-state index in [0.29, 0.717) is 0 Å². The highest BCUT2D eigenvalue weighted by Crippen LogP contribution is 2.13. The Hall–Kier alpha value is -2.11. The average Bonchev–Trinajstić information content (AvgIpc) is 2.96. The number of aromatic nitrogens is 4. The van der Waals surface area contributed by atoms with Gasteiger partial charge in [0.1, 0.15) is 12.4 Å². The molecular weight excluding hydrogens is 254 g/mol. The first-order valence-electron chi connectivity index (χ1n) is 6.92. The molecule has 20 heavy (non-hydrogen) atoms. The van der Waals surface area contributed by atoms with Gasteiger partial charge in [0.15, 0.2) is 0 Å². The van der Waals surface area contributed by atoms with Crippen molar-refractivity contribution in [1.82, 2.24) is 24.6 Å². The molecule has 6 nitrogen and oxygen atoms in total. The number of hydrogen-bond acceptors (Lipinski definition) is 3. The minimum Gasteiger partial charge on any atom is -0.350 e. The van der Waals surface area contributed by atoms with Crippen LogP contribution >= 0.6 is 0 Å². The lowest BCUT2D eigenvalue weighted by atomic mass is 10.1. The number of aryl methyl sites for hydroxylation is 3. The van der Waals surface area contributed by atoms with Crippen LogP contribution < -0.4 is 5.32 Å². The highest BCUT2D eigenvalue weighted by atomic mass is 16.2. The van der Waals surface area contributed by atoms with Crippen molar-refractivity contribution in [2.24, 2.45) is 0 Å². The molecule has 106 valence electrons. The Morgan fingerprint density at radius 2 is 2.35 bits per heavy atom. The molecule has 6 heteroatoms. The average molecular weight is 273 g/mol. The van der Waals surface area contributed by atoms with Crippen molar-refractivity contribution in [2.75, 3.05) is 0 Å². The molecule has 1 aliphatic rings. The Balaban J connectivity index is 1.59. The molecule has 0 spiro atoms. The third-order valence-electron chi connectivity index (χ3n) is 3.70. The Morgan fingerprint density at radius 3 is 3.10 bits per heavy atom. The summed E-state index contributed by atoms with van der Waals surface area (Å²) in [5, 5.41) is 7.40. The van der Waals surface area contributed by atoms with Gasteiger partial charge in [-0.15, -0.1) is 0 Å². The summed E-state index contributed by atoms with van der Waals surface area (Å²) in [4.78, 5) is 16.4. The second-order valence-electron chi connectivity index (χ2n) is 5.38. The maximum atomic E-state index is 12.1. The van der Waals surface area contributed by atoms with Gasteiger partial charge in [0, 0.05) is 37.1 Å². The van der Waals surface area contributed by atoms with Crippen LogP contribution in [0, 0.1) is 13.8 Å². The van der Waals surface area contributed by atoms with Crippen LogP contribution in [-0.2, 0) is 24.3 Å². The van der Waals surface area contributed by atoms with Gasteiger partial charge >= 0.3 is 0 Å². The van der Waals surface area contributed by atoms with Gasteiger partial charge in [0.2, 0.25) is 5.91 Å². The molecule has 3 heterocycles. The topological polar surface area (TPSA) is 64.7 Å². The molecule has 3 rings (SSSR count). The van der Waals surface area contributed by atoms with Crippen LogP contribution in [0.15, 0.2) is 18.5 Å². The van der Waals surface area contributed by atoms with Crippen LogP contribution in [0.4, 0.5) is 0 Å². The lowest BCUT2D eigenvalue weighted by Gasteiger charge is -2.24. The van der Waals surface area contributed by atoms with Crippen LogP contribution in [0.5, 0.6) is 0 Å². The van der Waals surface area contributed by atoms with Crippen LogP contribution in [0.3, 0.4) is 0 Å². The largest absolute Gasteiger partial charge is 0.350 e. The van der Waals surface area contributed by atoms with Crippen molar-refractivity contribution in [1.29, 1.82) is 0 Å². The number of nitrogens with zero attached hydrogens (tertiary/aromatic N) is 4. The first-order chi connectivity index (χ1) is 9.61. The predicted octanol–water partition coefficient (Wildman–Crippen LogP) is 0.828. The maximum Gasteiger partial charge on any atom is 0.242 e. The van der Waals surface area contributed by atoms with Gasteiger partial charge in [-0.05, 0) is 26.3 Å². The molecule has 0 bridgehead atoms. The van der Waals surface area contributed by atoms with E-state index in [2.05, 4.69) is 20.0 Å². The summed E-state index contributed by atoms with van der Waals surface area (Å²) in [7, 11) is 0. The van der Waals surface area contributed by atoms with E-state index in [9.17, 15) is 4.79 Å². The number of imidazole rings is 1. The number of amides is 1. The van der Waals surface area contributed by atoms with Gasteiger partial charge in [0.25, 0.3) is 0 Å². The second kappa shape index (κ2) is 5.11. The lowest BCUT2D eigenvalue weighted by molar-refractivity contribution is -0.122. The van der Waals surface area contributed by atoms with E-state index >= 15 is 0 Å². The molecule has 0 saturated heterocycles. The minimum atomic E-state index is 0.0183. The zero-order valence-corrected chi connectivity index (χ0v) is 11.8. The molecule has 1 atom stereocenters. The highest BCUT2D eigenvalue weighted by Gasteiger charge is 2.20. The summed E-state index contributed by atoms with van der Waals surface area (Å²) in [5.41, 5.74) is 1.95. The van der Waals surface area contributed by atoms with E-state index in [1.54, 1.807) is 4.68 Å². The Morgan fingerprint density at radius 1 is 1.50 bits per heavy atom. The molecule has 1 aliphatic heterocycles. The second-order valence-corrected chi connectivity index (χ2v) is 5.38. The molecule has 0 radical (unpaired) electrons. The van der Waals surface area contributed by atoms with Gasteiger partial charge < -0.3 is 9.88 Å². The first-order valence-corrected chi connectivity index (χ1v) is 6.92. The molecule has 2 aromatic rings. The van der Waals surface area contributed by atoms with Gasteiger partial charge in [-0.25, -0.2) is 4.98 Å². The monoisotopic (exact) mass is 273 g/mol. The molecule has 0 saturated carbocycles. The summed E-state index contributed by atoms with van der Waals surface area (Å²) in [6.07, 6.45) is 5.64. The normalized spacial score (nSPS) is 17.8. The minimum absolute atomic E-state index is 0.0183. The number of fused-ring (bicyclic) bond motifs is 1. The summed E-state index contributed by atoms with van der Waals surface area (Å²) in [6.45, 7) is 4.99. The van der Waals surface area contributed by atoms with E-state index < -0.39 is 0 Å². The Kier molecular flexibility index (Phi) is 3.30. The van der Waals surface area contributed by atoms with Crippen LogP contribution in [0.1, 0.15) is 23.6 Å². The number of nitrogens with one attached hydrogen (secondary N) is 1. The van der Waals surface area contributed by atoms with Gasteiger partial charge in [-0.3, -0.25) is 9.48 Å². The lowest BCUT2D eigenvalue weighted by Crippen LogP contribution is -2.42. The fraction of sp³-hybridized carbons (Fsp3) is 0.500. The first kappa shape index (κ1) is 12.9. The highest BCUT2D eigenvalue weighted by molar-refractivity contribution is 5.76. The van der Waals surface area contributed by atoms with Gasteiger partial charge in [-0.1, -0.05) is 0 Å². The van der Waals surface area contributed by atoms with Crippen molar-refractivity contribution >= 4 is 5.91 Å². The fourth-order valence-corrected chi connectivity index (χ4v) is 2.73. The number of hydrogen-bond donors (Lipinski definition) is 1. The maximum absolute atomic E-state index is 12.1. The number of carbonyl (C=O) groups excluding carboxylic acids is 1. The molecule has 1 amide bonds. The predicted molar refractivity (Wildman–Crippen MR) is 74.2 cm³/mol. The molecule has 0 aromatic carbocycles. The summed E-state index contributed by atoms with van der Waals surface area (Å²) in [5.74, 6) is 1.12. The van der Waals surface area contributed by atoms with Crippen LogP contribution in [0.2, 0.25) is 0 Å². The van der Waals surface area contributed by atoms with Crippen molar-refractivity contribution in [3.05, 3.63) is 35.7 Å². The fourth-order valence-electron chi connectivity index (χ4n) is 2.73. The van der Waals surface area contributed by atoms with Crippen LogP contribution in [0.25, 0.3) is 0 Å². The van der Waals surface area contributed by atoms with Crippen molar-refractivity contribution < 1.29 is 4.79 Å². The van der Waals surface area contributed by atoms with Crippen LogP contribution in [-0.4, -0.2) is 31.3 Å². The molecule has 0 aliphatic carbocycles. The van der Waals surface area contributed by atoms with Crippen molar-refractivity contribution in [3.8, 4) is 0 Å². The van der Waals surface area contributed by atoms with E-state index in [-0.39, 0.29) is 18.5 Å². The van der Waals surface area contributed by atoms with Gasteiger partial charge in [0.05, 0.1) is 5.69 Å². The SMILES string of the molecule is Cc1cc(C)n(CC(=O)N[C@@H]2CCc3nccn3C2)n1. The van der Waals surface area contributed by atoms with E-state index in [4.69, 9.17) is 0 Å². The number of rotatable bonds is 3. The number of carbonyl (C=O) groups is 1. The third kappa shape index (κ3) is 2.59. The summed E-state index contributed by atoms with van der Waals surface area (Å²) < 4.78 is 3.86. The van der Waals surface area contributed by atoms with Crippen molar-refractivity contribution in [2.45, 2.75) is 45.8 Å². The molecular formula is C14H19N5O. The van der Waals surface area contributed by atoms with E-state index in [0.717, 1.165) is 36.6 Å². The summed E-state index contributed by atoms with van der Waals surface area (Å²) >= 11 is 0. The Labute approximate surface area is 117 Å². The standard InChI is InChI=1S/C14H19N5O/c1-10-7-11(2)19(17-10)9-14(20)16-12-3-4-13-15-5-6-18(13)8-12/h5-7,12H,3-4,8-9H2,1-2H3,(H,16,20)/t12-/m1/s1. The zero-order chi connectivity index (χ0) is 14.1. The van der Waals surface area contributed by atoms with E-state index in [1.807, 2.05) is 32.3 Å². The van der Waals surface area contributed by atoms with E-state index in [1.165, 1.54) is 0 Å². The molecule has 0 fully saturated rings. The van der Waals surface area contributed by atoms with Crippen molar-refractivity contribution in [3.63, 3.8) is 0 Å². The molecule has 1 N–H and O–H groups in total. The third-order valence-corrected chi connectivity index (χ3v) is 3.70.